The number of urea groups is 1. The molecule has 1 aromatic heterocycles. The van der Waals surface area contributed by atoms with Crippen molar-refractivity contribution in [2.24, 2.45) is 7.05 Å². The second-order valence-electron chi connectivity index (χ2n) is 5.77. The zero-order valence-corrected chi connectivity index (χ0v) is 14.3. The van der Waals surface area contributed by atoms with Gasteiger partial charge in [-0.3, -0.25) is 4.68 Å². The van der Waals surface area contributed by atoms with Crippen LogP contribution in [-0.2, 0) is 30.0 Å². The number of aromatic nitrogens is 2. The number of fused-ring (bicyclic) bond motifs is 1. The highest BCUT2D eigenvalue weighted by molar-refractivity contribution is 7.88. The summed E-state index contributed by atoms with van der Waals surface area (Å²) < 4.78 is 26.4. The Morgan fingerprint density at radius 2 is 2.08 bits per heavy atom. The third-order valence-electron chi connectivity index (χ3n) is 3.91. The van der Waals surface area contributed by atoms with Gasteiger partial charge in [-0.05, 0) is 23.6 Å². The molecule has 0 radical (unpaired) electrons. The molecular formula is C15H19N5O3S. The number of hydrogen-bond acceptors (Lipinski definition) is 4. The summed E-state index contributed by atoms with van der Waals surface area (Å²) in [6.07, 6.45) is 5.03. The van der Waals surface area contributed by atoms with Gasteiger partial charge in [-0.15, -0.1) is 0 Å². The standard InChI is InChI=1S/C15H19N5O3S/c1-19-10-12(8-16-19)17-15(21)18-14-5-3-4-11-9-20(24(2,22)23)7-6-13(11)14/h3-5,8,10H,6-7,9H2,1-2H3,(H2,17,18,21). The third-order valence-corrected chi connectivity index (χ3v) is 5.16. The minimum absolute atomic E-state index is 0.327. The number of benzene rings is 1. The first kappa shape index (κ1) is 16.5. The van der Waals surface area contributed by atoms with Gasteiger partial charge in [0.1, 0.15) is 0 Å². The summed E-state index contributed by atoms with van der Waals surface area (Å²) in [5.41, 5.74) is 3.18. The average Bonchev–Trinajstić information content (AvgIpc) is 2.91. The Kier molecular flexibility index (Phi) is 4.29. The number of hydrogen-bond donors (Lipinski definition) is 2. The molecule has 0 aliphatic carbocycles. The summed E-state index contributed by atoms with van der Waals surface area (Å²) in [5.74, 6) is 0. The van der Waals surface area contributed by atoms with Gasteiger partial charge >= 0.3 is 6.03 Å². The Morgan fingerprint density at radius 1 is 1.29 bits per heavy atom. The van der Waals surface area contributed by atoms with Crippen LogP contribution >= 0.6 is 0 Å². The first-order valence-corrected chi connectivity index (χ1v) is 9.30. The lowest BCUT2D eigenvalue weighted by molar-refractivity contribution is 0.262. The van der Waals surface area contributed by atoms with Crippen molar-refractivity contribution in [3.8, 4) is 0 Å². The van der Waals surface area contributed by atoms with Crippen molar-refractivity contribution in [2.75, 3.05) is 23.4 Å². The van der Waals surface area contributed by atoms with E-state index >= 15 is 0 Å². The summed E-state index contributed by atoms with van der Waals surface area (Å²) in [7, 11) is -1.45. The van der Waals surface area contributed by atoms with Crippen LogP contribution in [-0.4, -0.2) is 41.3 Å². The average molecular weight is 349 g/mol. The molecule has 24 heavy (non-hydrogen) atoms. The molecule has 128 valence electrons. The summed E-state index contributed by atoms with van der Waals surface area (Å²) in [6, 6.07) is 5.15. The zero-order chi connectivity index (χ0) is 17.3. The van der Waals surface area contributed by atoms with E-state index in [4.69, 9.17) is 0 Å². The van der Waals surface area contributed by atoms with Crippen LogP contribution in [0.25, 0.3) is 0 Å². The molecule has 8 nitrogen and oxygen atoms in total. The number of anilines is 2. The molecule has 3 rings (SSSR count). The highest BCUT2D eigenvalue weighted by Gasteiger charge is 2.24. The highest BCUT2D eigenvalue weighted by Crippen LogP contribution is 2.27. The van der Waals surface area contributed by atoms with Gasteiger partial charge in [-0.25, -0.2) is 13.2 Å². The summed E-state index contributed by atoms with van der Waals surface area (Å²) in [6.45, 7) is 0.739. The maximum Gasteiger partial charge on any atom is 0.323 e. The summed E-state index contributed by atoms with van der Waals surface area (Å²) in [5, 5.41) is 9.53. The lowest BCUT2D eigenvalue weighted by Gasteiger charge is -2.28. The Labute approximate surface area is 140 Å². The molecule has 9 heteroatoms. The van der Waals surface area contributed by atoms with Gasteiger partial charge in [0.25, 0.3) is 0 Å². The van der Waals surface area contributed by atoms with Crippen molar-refractivity contribution in [3.63, 3.8) is 0 Å². The molecule has 2 heterocycles. The molecule has 2 N–H and O–H groups in total. The van der Waals surface area contributed by atoms with E-state index in [1.165, 1.54) is 10.6 Å². The van der Waals surface area contributed by atoms with E-state index in [-0.39, 0.29) is 6.03 Å². The van der Waals surface area contributed by atoms with E-state index in [2.05, 4.69) is 15.7 Å². The monoisotopic (exact) mass is 349 g/mol. The Balaban J connectivity index is 1.75. The molecular weight excluding hydrogens is 330 g/mol. The largest absolute Gasteiger partial charge is 0.323 e. The fraction of sp³-hybridized carbons (Fsp3) is 0.333. The van der Waals surface area contributed by atoms with Crippen molar-refractivity contribution in [1.29, 1.82) is 0 Å². The van der Waals surface area contributed by atoms with Gasteiger partial charge in [0.15, 0.2) is 0 Å². The number of carbonyl (C=O) groups is 1. The molecule has 0 saturated carbocycles. The number of sulfonamides is 1. The van der Waals surface area contributed by atoms with E-state index in [1.807, 2.05) is 18.2 Å². The van der Waals surface area contributed by atoms with E-state index in [0.717, 1.165) is 11.1 Å². The minimum Gasteiger partial charge on any atom is -0.307 e. The van der Waals surface area contributed by atoms with E-state index in [9.17, 15) is 13.2 Å². The van der Waals surface area contributed by atoms with E-state index < -0.39 is 10.0 Å². The molecule has 0 bridgehead atoms. The second kappa shape index (κ2) is 6.25. The molecule has 0 fully saturated rings. The molecule has 0 saturated heterocycles. The first-order valence-electron chi connectivity index (χ1n) is 7.45. The number of carbonyl (C=O) groups excluding carboxylic acids is 1. The molecule has 0 spiro atoms. The Morgan fingerprint density at radius 3 is 2.75 bits per heavy atom. The molecule has 1 aliphatic rings. The van der Waals surface area contributed by atoms with Crippen LogP contribution in [0.4, 0.5) is 16.2 Å². The quantitative estimate of drug-likeness (QED) is 0.875. The van der Waals surface area contributed by atoms with Gasteiger partial charge in [0, 0.05) is 32.0 Å². The number of rotatable bonds is 3. The van der Waals surface area contributed by atoms with Crippen LogP contribution in [0.2, 0.25) is 0 Å². The Bertz CT molecular complexity index is 875. The minimum atomic E-state index is -3.22. The zero-order valence-electron chi connectivity index (χ0n) is 13.5. The SMILES string of the molecule is Cn1cc(NC(=O)Nc2cccc3c2CCN(S(C)(=O)=O)C3)cn1. The van der Waals surface area contributed by atoms with E-state index in [1.54, 1.807) is 24.1 Å². The molecule has 2 aromatic rings. The van der Waals surface area contributed by atoms with Gasteiger partial charge in [0.2, 0.25) is 10.0 Å². The normalized spacial score (nSPS) is 14.9. The van der Waals surface area contributed by atoms with Crippen LogP contribution in [0.5, 0.6) is 0 Å². The molecule has 0 unspecified atom stereocenters. The summed E-state index contributed by atoms with van der Waals surface area (Å²) in [4.78, 5) is 12.1. The van der Waals surface area contributed by atoms with Crippen molar-refractivity contribution in [3.05, 3.63) is 41.7 Å². The van der Waals surface area contributed by atoms with Crippen LogP contribution < -0.4 is 10.6 Å². The maximum absolute atomic E-state index is 12.1. The lowest BCUT2D eigenvalue weighted by atomic mass is 9.99. The summed E-state index contributed by atoms with van der Waals surface area (Å²) >= 11 is 0. The van der Waals surface area contributed by atoms with Crippen molar-refractivity contribution in [1.82, 2.24) is 14.1 Å². The number of aryl methyl sites for hydroxylation is 1. The molecule has 1 aromatic carbocycles. The lowest BCUT2D eigenvalue weighted by Crippen LogP contribution is -2.35. The van der Waals surface area contributed by atoms with Gasteiger partial charge in [-0.2, -0.15) is 9.40 Å². The highest BCUT2D eigenvalue weighted by atomic mass is 32.2. The van der Waals surface area contributed by atoms with E-state index in [0.29, 0.717) is 30.9 Å². The number of nitrogens with zero attached hydrogens (tertiary/aromatic N) is 3. The van der Waals surface area contributed by atoms with Gasteiger partial charge in [-0.1, -0.05) is 12.1 Å². The van der Waals surface area contributed by atoms with Crippen LogP contribution in [0.3, 0.4) is 0 Å². The van der Waals surface area contributed by atoms with Crippen LogP contribution in [0.15, 0.2) is 30.6 Å². The molecule has 0 atom stereocenters. The van der Waals surface area contributed by atoms with Gasteiger partial charge < -0.3 is 10.6 Å². The predicted octanol–water partition coefficient (Wildman–Crippen LogP) is 1.38. The number of amides is 2. The van der Waals surface area contributed by atoms with Crippen molar-refractivity contribution < 1.29 is 13.2 Å². The molecule has 1 aliphatic heterocycles. The third kappa shape index (κ3) is 3.57. The second-order valence-corrected chi connectivity index (χ2v) is 7.75. The Hall–Kier alpha value is -2.39. The topological polar surface area (TPSA) is 96.3 Å². The van der Waals surface area contributed by atoms with Crippen molar-refractivity contribution in [2.45, 2.75) is 13.0 Å². The molecule has 2 amide bonds. The maximum atomic E-state index is 12.1. The van der Waals surface area contributed by atoms with Gasteiger partial charge in [0.05, 0.1) is 18.1 Å². The van der Waals surface area contributed by atoms with Crippen molar-refractivity contribution >= 4 is 27.4 Å². The number of nitrogens with one attached hydrogen (secondary N) is 2. The van der Waals surface area contributed by atoms with Crippen LogP contribution in [0.1, 0.15) is 11.1 Å². The van der Waals surface area contributed by atoms with Crippen LogP contribution in [0, 0.1) is 0 Å². The smallest absolute Gasteiger partial charge is 0.307 e. The first-order chi connectivity index (χ1) is 11.3. The fourth-order valence-electron chi connectivity index (χ4n) is 2.75. The predicted molar refractivity (Wildman–Crippen MR) is 91.2 cm³/mol. The fourth-order valence-corrected chi connectivity index (χ4v) is 3.55.